The summed E-state index contributed by atoms with van der Waals surface area (Å²) in [5, 5.41) is 0.451. The van der Waals surface area contributed by atoms with Crippen molar-refractivity contribution in [2.24, 2.45) is 23.0 Å². The molecule has 1 aromatic carbocycles. The number of benzene rings is 1. The maximum atomic E-state index is 14.0. The molecule has 0 radical (unpaired) electrons. The zero-order valence-corrected chi connectivity index (χ0v) is 13.4. The number of rotatable bonds is 3. The van der Waals surface area contributed by atoms with Crippen LogP contribution in [-0.4, -0.2) is 6.04 Å². The minimum atomic E-state index is -0.205. The van der Waals surface area contributed by atoms with Crippen molar-refractivity contribution in [1.29, 1.82) is 0 Å². The highest BCUT2D eigenvalue weighted by Gasteiger charge is 2.37. The molecule has 0 amide bonds. The van der Waals surface area contributed by atoms with E-state index in [4.69, 9.17) is 17.3 Å². The number of hydrogen-bond acceptors (Lipinski definition) is 1. The van der Waals surface area contributed by atoms with E-state index in [-0.39, 0.29) is 17.3 Å². The molecule has 3 unspecified atom stereocenters. The van der Waals surface area contributed by atoms with E-state index < -0.39 is 0 Å². The van der Waals surface area contributed by atoms with Crippen LogP contribution < -0.4 is 5.73 Å². The van der Waals surface area contributed by atoms with Gasteiger partial charge in [-0.1, -0.05) is 44.9 Å². The van der Waals surface area contributed by atoms with Crippen molar-refractivity contribution in [3.8, 4) is 0 Å². The molecule has 3 heteroatoms. The second kappa shape index (κ2) is 6.03. The monoisotopic (exact) mass is 297 g/mol. The Morgan fingerprint density at radius 3 is 2.65 bits per heavy atom. The third-order valence-corrected chi connectivity index (χ3v) is 5.06. The van der Waals surface area contributed by atoms with Crippen molar-refractivity contribution in [3.05, 3.63) is 34.6 Å². The molecule has 0 aromatic heterocycles. The van der Waals surface area contributed by atoms with E-state index in [9.17, 15) is 4.39 Å². The van der Waals surface area contributed by atoms with Gasteiger partial charge >= 0.3 is 0 Å². The normalized spacial score (nSPS) is 27.6. The second-order valence-electron chi connectivity index (χ2n) is 7.09. The average Bonchev–Trinajstić information content (AvgIpc) is 2.32. The molecular formula is C17H25ClFN. The molecule has 2 N–H and O–H groups in total. The lowest BCUT2D eigenvalue weighted by molar-refractivity contribution is 0.112. The summed E-state index contributed by atoms with van der Waals surface area (Å²) in [6.45, 7) is 6.69. The first-order valence-electron chi connectivity index (χ1n) is 7.49. The van der Waals surface area contributed by atoms with Crippen LogP contribution >= 0.6 is 11.6 Å². The molecule has 1 fully saturated rings. The summed E-state index contributed by atoms with van der Waals surface area (Å²) in [4.78, 5) is 0. The lowest BCUT2D eigenvalue weighted by Gasteiger charge is -2.43. The first-order chi connectivity index (χ1) is 9.29. The summed E-state index contributed by atoms with van der Waals surface area (Å²) < 4.78 is 14.0. The van der Waals surface area contributed by atoms with Crippen molar-refractivity contribution in [3.63, 3.8) is 0 Å². The van der Waals surface area contributed by atoms with Crippen LogP contribution in [0.3, 0.4) is 0 Å². The van der Waals surface area contributed by atoms with E-state index in [2.05, 4.69) is 20.8 Å². The van der Waals surface area contributed by atoms with Gasteiger partial charge in [-0.2, -0.15) is 0 Å². The third-order valence-electron chi connectivity index (χ3n) is 4.83. The summed E-state index contributed by atoms with van der Waals surface area (Å²) in [6, 6.07) is 5.19. The number of nitrogens with two attached hydrogens (primary N) is 1. The van der Waals surface area contributed by atoms with Gasteiger partial charge in [-0.05, 0) is 54.2 Å². The van der Waals surface area contributed by atoms with Gasteiger partial charge in [-0.15, -0.1) is 0 Å². The van der Waals surface area contributed by atoms with Crippen LogP contribution in [0.4, 0.5) is 4.39 Å². The zero-order chi connectivity index (χ0) is 14.9. The predicted octanol–water partition coefficient (Wildman–Crippen LogP) is 4.81. The smallest absolute Gasteiger partial charge is 0.127 e. The Bertz CT molecular complexity index is 472. The Morgan fingerprint density at radius 2 is 2.05 bits per heavy atom. The van der Waals surface area contributed by atoms with E-state index >= 15 is 0 Å². The highest BCUT2D eigenvalue weighted by molar-refractivity contribution is 6.30. The topological polar surface area (TPSA) is 26.0 Å². The summed E-state index contributed by atoms with van der Waals surface area (Å²) in [6.07, 6.45) is 4.16. The summed E-state index contributed by atoms with van der Waals surface area (Å²) in [5.74, 6) is 0.960. The predicted molar refractivity (Wildman–Crippen MR) is 83.4 cm³/mol. The molecule has 0 saturated heterocycles. The van der Waals surface area contributed by atoms with Gasteiger partial charge in [-0.25, -0.2) is 4.39 Å². The highest BCUT2D eigenvalue weighted by atomic mass is 35.5. The summed E-state index contributed by atoms with van der Waals surface area (Å²) >= 11 is 5.82. The summed E-state index contributed by atoms with van der Waals surface area (Å²) in [5.41, 5.74) is 7.11. The van der Waals surface area contributed by atoms with Crippen LogP contribution in [0.25, 0.3) is 0 Å². The standard InChI is InChI=1S/C17H25ClFN/c1-11-4-7-14(16(20)8-11)17(2,3)10-12-5-6-13(18)9-15(12)19/h5-6,9,11,14,16H,4,7-8,10,20H2,1-3H3. The minimum Gasteiger partial charge on any atom is -0.327 e. The zero-order valence-electron chi connectivity index (χ0n) is 12.6. The van der Waals surface area contributed by atoms with Gasteiger partial charge in [0.15, 0.2) is 0 Å². The van der Waals surface area contributed by atoms with Gasteiger partial charge in [0.1, 0.15) is 5.82 Å². The largest absolute Gasteiger partial charge is 0.327 e. The molecule has 1 nitrogen and oxygen atoms in total. The maximum absolute atomic E-state index is 14.0. The van der Waals surface area contributed by atoms with Gasteiger partial charge in [0, 0.05) is 11.1 Å². The first-order valence-corrected chi connectivity index (χ1v) is 7.87. The lowest BCUT2D eigenvalue weighted by atomic mass is 9.64. The fourth-order valence-electron chi connectivity index (χ4n) is 3.68. The molecule has 20 heavy (non-hydrogen) atoms. The highest BCUT2D eigenvalue weighted by Crippen LogP contribution is 2.41. The molecule has 0 heterocycles. The summed E-state index contributed by atoms with van der Waals surface area (Å²) in [7, 11) is 0. The van der Waals surface area contributed by atoms with E-state index in [1.54, 1.807) is 12.1 Å². The molecule has 3 atom stereocenters. The SMILES string of the molecule is CC1CCC(C(C)(C)Cc2ccc(Cl)cc2F)C(N)C1. The van der Waals surface area contributed by atoms with Crippen molar-refractivity contribution in [1.82, 2.24) is 0 Å². The maximum Gasteiger partial charge on any atom is 0.127 e. The van der Waals surface area contributed by atoms with Crippen molar-refractivity contribution >= 4 is 11.6 Å². The molecule has 1 aliphatic carbocycles. The van der Waals surface area contributed by atoms with Crippen LogP contribution in [0, 0.1) is 23.1 Å². The Morgan fingerprint density at radius 1 is 1.35 bits per heavy atom. The number of halogens is 2. The fraction of sp³-hybridized carbons (Fsp3) is 0.647. The third kappa shape index (κ3) is 3.53. The molecule has 0 bridgehead atoms. The molecule has 0 aliphatic heterocycles. The quantitative estimate of drug-likeness (QED) is 0.851. The van der Waals surface area contributed by atoms with E-state index in [0.29, 0.717) is 23.3 Å². The molecular weight excluding hydrogens is 273 g/mol. The molecule has 1 saturated carbocycles. The van der Waals surface area contributed by atoms with Gasteiger partial charge in [-0.3, -0.25) is 0 Å². The van der Waals surface area contributed by atoms with Crippen molar-refractivity contribution < 1.29 is 4.39 Å². The Balaban J connectivity index is 2.14. The van der Waals surface area contributed by atoms with Gasteiger partial charge in [0.2, 0.25) is 0 Å². The minimum absolute atomic E-state index is 0.00816. The van der Waals surface area contributed by atoms with Gasteiger partial charge < -0.3 is 5.73 Å². The van der Waals surface area contributed by atoms with Gasteiger partial charge in [0.05, 0.1) is 0 Å². The van der Waals surface area contributed by atoms with Crippen molar-refractivity contribution in [2.75, 3.05) is 0 Å². The van der Waals surface area contributed by atoms with Crippen LogP contribution in [0.1, 0.15) is 45.6 Å². The fourth-order valence-corrected chi connectivity index (χ4v) is 3.84. The second-order valence-corrected chi connectivity index (χ2v) is 7.53. The van der Waals surface area contributed by atoms with E-state index in [1.807, 2.05) is 0 Å². The van der Waals surface area contributed by atoms with Crippen LogP contribution in [-0.2, 0) is 6.42 Å². The molecule has 112 valence electrons. The lowest BCUT2D eigenvalue weighted by Crippen LogP contribution is -2.44. The average molecular weight is 298 g/mol. The van der Waals surface area contributed by atoms with Crippen LogP contribution in [0.15, 0.2) is 18.2 Å². The molecule has 2 rings (SSSR count). The first kappa shape index (κ1) is 15.8. The van der Waals surface area contributed by atoms with Crippen LogP contribution in [0.2, 0.25) is 5.02 Å². The molecule has 1 aliphatic rings. The van der Waals surface area contributed by atoms with Gasteiger partial charge in [0.25, 0.3) is 0 Å². The Hall–Kier alpha value is -0.600. The van der Waals surface area contributed by atoms with Crippen molar-refractivity contribution in [2.45, 2.75) is 52.5 Å². The number of hydrogen-bond donors (Lipinski definition) is 1. The van der Waals surface area contributed by atoms with Crippen LogP contribution in [0.5, 0.6) is 0 Å². The van der Waals surface area contributed by atoms with E-state index in [0.717, 1.165) is 18.4 Å². The Kier molecular flexibility index (Phi) is 4.76. The Labute approximate surface area is 126 Å². The molecule has 1 aromatic rings. The van der Waals surface area contributed by atoms with E-state index in [1.165, 1.54) is 12.5 Å². The molecule has 0 spiro atoms.